The molecule has 48 heavy (non-hydrogen) atoms. The van der Waals surface area contributed by atoms with Crippen LogP contribution in [0.4, 0.5) is 4.79 Å². The third kappa shape index (κ3) is 10.9. The molecule has 0 spiro atoms. The van der Waals surface area contributed by atoms with Gasteiger partial charge in [0.1, 0.15) is 41.3 Å². The second-order valence-corrected chi connectivity index (χ2v) is 13.2. The van der Waals surface area contributed by atoms with Gasteiger partial charge in [0, 0.05) is 16.5 Å². The van der Waals surface area contributed by atoms with Crippen LogP contribution >= 0.6 is 11.3 Å². The maximum atomic E-state index is 12.9. The molecule has 0 unspecified atom stereocenters. The minimum Gasteiger partial charge on any atom is -0.489 e. The molecule has 0 bridgehead atoms. The quantitative estimate of drug-likeness (QED) is 0.115. The van der Waals surface area contributed by atoms with Gasteiger partial charge in [-0.2, -0.15) is 0 Å². The van der Waals surface area contributed by atoms with Gasteiger partial charge in [-0.15, -0.1) is 11.3 Å². The van der Waals surface area contributed by atoms with Crippen LogP contribution in [0, 0.1) is 5.92 Å². The van der Waals surface area contributed by atoms with Gasteiger partial charge in [-0.05, 0) is 69.0 Å². The van der Waals surface area contributed by atoms with E-state index in [2.05, 4.69) is 21.2 Å². The second-order valence-electron chi connectivity index (χ2n) is 12.3. The summed E-state index contributed by atoms with van der Waals surface area (Å²) in [7, 11) is 0. The van der Waals surface area contributed by atoms with Gasteiger partial charge in [0.15, 0.2) is 0 Å². The van der Waals surface area contributed by atoms with Crippen LogP contribution in [0.3, 0.4) is 0 Å². The average Bonchev–Trinajstić information content (AvgIpc) is 3.55. The molecular formula is C36H40N4O7S. The number of carbonyl (C=O) groups is 4. The predicted octanol–water partition coefficient (Wildman–Crippen LogP) is 6.45. The first-order valence-corrected chi connectivity index (χ1v) is 16.3. The number of hydrogen-bond acceptors (Lipinski definition) is 9. The zero-order valence-corrected chi connectivity index (χ0v) is 28.4. The van der Waals surface area contributed by atoms with E-state index >= 15 is 0 Å². The number of rotatable bonds is 12. The number of hydrazine groups is 1. The number of nitrogens with zero attached hydrogens (tertiary/aromatic N) is 1. The van der Waals surface area contributed by atoms with Crippen molar-refractivity contribution >= 4 is 35.2 Å². The largest absolute Gasteiger partial charge is 0.489 e. The molecule has 0 aliphatic heterocycles. The number of carbonyl (C=O) groups excluding carboxylic acids is 4. The Balaban J connectivity index is 1.29. The van der Waals surface area contributed by atoms with Gasteiger partial charge in [-0.1, -0.05) is 62.4 Å². The van der Waals surface area contributed by atoms with Crippen molar-refractivity contribution in [3.63, 3.8) is 0 Å². The molecule has 12 heteroatoms. The number of benzene rings is 3. The smallest absolute Gasteiger partial charge is 0.408 e. The van der Waals surface area contributed by atoms with E-state index in [1.54, 1.807) is 29.6 Å². The third-order valence-electron chi connectivity index (χ3n) is 6.70. The lowest BCUT2D eigenvalue weighted by Crippen LogP contribution is -2.52. The van der Waals surface area contributed by atoms with Crippen molar-refractivity contribution < 1.29 is 33.4 Å². The Morgan fingerprint density at radius 1 is 0.854 bits per heavy atom. The van der Waals surface area contributed by atoms with Gasteiger partial charge in [-0.3, -0.25) is 20.4 Å². The molecule has 0 saturated carbocycles. The monoisotopic (exact) mass is 672 g/mol. The summed E-state index contributed by atoms with van der Waals surface area (Å²) in [6, 6.07) is 22.6. The summed E-state index contributed by atoms with van der Waals surface area (Å²) < 4.78 is 16.7. The van der Waals surface area contributed by atoms with Crippen LogP contribution in [-0.4, -0.2) is 40.5 Å². The lowest BCUT2D eigenvalue weighted by molar-refractivity contribution is -0.124. The van der Waals surface area contributed by atoms with Gasteiger partial charge >= 0.3 is 12.1 Å². The first-order chi connectivity index (χ1) is 22.9. The summed E-state index contributed by atoms with van der Waals surface area (Å²) in [5.41, 5.74) is 6.99. The predicted molar refractivity (Wildman–Crippen MR) is 182 cm³/mol. The Kier molecular flexibility index (Phi) is 12.3. The Hall–Kier alpha value is -5.23. The highest BCUT2D eigenvalue weighted by molar-refractivity contribution is 7.13. The van der Waals surface area contributed by atoms with Crippen LogP contribution in [-0.2, 0) is 27.5 Å². The third-order valence-corrected chi connectivity index (χ3v) is 7.59. The fourth-order valence-electron chi connectivity index (χ4n) is 4.42. The maximum absolute atomic E-state index is 12.9. The number of thiazole rings is 1. The molecule has 0 fully saturated rings. The highest BCUT2D eigenvalue weighted by atomic mass is 32.1. The highest BCUT2D eigenvalue weighted by Crippen LogP contribution is 2.26. The van der Waals surface area contributed by atoms with E-state index in [-0.39, 0.29) is 24.8 Å². The van der Waals surface area contributed by atoms with Crippen LogP contribution < -0.4 is 20.9 Å². The van der Waals surface area contributed by atoms with E-state index in [1.165, 1.54) is 11.3 Å². The number of alkyl carbamates (subject to hydrolysis) is 1. The van der Waals surface area contributed by atoms with Gasteiger partial charge in [0.25, 0.3) is 11.8 Å². The summed E-state index contributed by atoms with van der Waals surface area (Å²) in [4.78, 5) is 55.1. The number of esters is 1. The van der Waals surface area contributed by atoms with E-state index in [4.69, 9.17) is 14.2 Å². The number of aromatic nitrogens is 1. The highest BCUT2D eigenvalue weighted by Gasteiger charge is 2.24. The van der Waals surface area contributed by atoms with E-state index in [9.17, 15) is 19.2 Å². The number of amides is 3. The van der Waals surface area contributed by atoms with E-state index in [1.807, 2.05) is 89.2 Å². The molecule has 0 saturated heterocycles. The molecule has 252 valence electrons. The van der Waals surface area contributed by atoms with Gasteiger partial charge in [0.05, 0.1) is 5.56 Å². The molecule has 1 aromatic heterocycles. The Morgan fingerprint density at radius 3 is 2.23 bits per heavy atom. The normalized spacial score (nSPS) is 11.7. The number of ether oxygens (including phenoxy) is 3. The van der Waals surface area contributed by atoms with Crippen molar-refractivity contribution in [1.82, 2.24) is 21.2 Å². The molecule has 3 aromatic carbocycles. The van der Waals surface area contributed by atoms with Crippen molar-refractivity contribution in [2.45, 2.75) is 65.9 Å². The number of hydrogen-bond donors (Lipinski definition) is 3. The fourth-order valence-corrected chi connectivity index (χ4v) is 5.23. The van der Waals surface area contributed by atoms with Crippen molar-refractivity contribution in [3.8, 4) is 16.3 Å². The molecule has 0 aliphatic rings. The molecule has 1 heterocycles. The first kappa shape index (κ1) is 35.6. The van der Waals surface area contributed by atoms with E-state index in [0.717, 1.165) is 11.1 Å². The zero-order valence-electron chi connectivity index (χ0n) is 27.6. The van der Waals surface area contributed by atoms with Crippen LogP contribution in [0.25, 0.3) is 10.6 Å². The Bertz CT molecular complexity index is 1700. The van der Waals surface area contributed by atoms with E-state index < -0.39 is 35.5 Å². The lowest BCUT2D eigenvalue weighted by Gasteiger charge is -2.20. The molecule has 3 amide bonds. The molecule has 3 N–H and O–H groups in total. The SMILES string of the molecule is CC(C)C[C@H](NC(=O)OCc1ccccc1)C(=O)NNC(=O)c1csc(-c2ccc(OCc3ccccc3C(=O)OC(C)(C)C)cc2)n1. The first-order valence-electron chi connectivity index (χ1n) is 15.5. The molecule has 0 aliphatic carbocycles. The lowest BCUT2D eigenvalue weighted by atomic mass is 10.0. The number of nitrogens with one attached hydrogen (secondary N) is 3. The molecule has 11 nitrogen and oxygen atoms in total. The summed E-state index contributed by atoms with van der Waals surface area (Å²) >= 11 is 1.27. The van der Waals surface area contributed by atoms with E-state index in [0.29, 0.717) is 28.3 Å². The Morgan fingerprint density at radius 2 is 1.54 bits per heavy atom. The van der Waals surface area contributed by atoms with Crippen LogP contribution in [0.5, 0.6) is 5.75 Å². The minimum absolute atomic E-state index is 0.0612. The zero-order chi connectivity index (χ0) is 34.7. The summed E-state index contributed by atoms with van der Waals surface area (Å²) in [5, 5.41) is 4.75. The maximum Gasteiger partial charge on any atom is 0.408 e. The average molecular weight is 673 g/mol. The fraction of sp³-hybridized carbons (Fsp3) is 0.306. The molecule has 4 rings (SSSR count). The van der Waals surface area contributed by atoms with Crippen molar-refractivity contribution in [3.05, 3.63) is 107 Å². The molecular weight excluding hydrogens is 632 g/mol. The topological polar surface area (TPSA) is 145 Å². The second kappa shape index (κ2) is 16.6. The van der Waals surface area contributed by atoms with Crippen LogP contribution in [0.15, 0.2) is 84.2 Å². The van der Waals surface area contributed by atoms with Crippen molar-refractivity contribution in [2.75, 3.05) is 0 Å². The van der Waals surface area contributed by atoms with Gasteiger partial charge in [0.2, 0.25) is 0 Å². The summed E-state index contributed by atoms with van der Waals surface area (Å²) in [6.45, 7) is 9.52. The molecule has 4 aromatic rings. The van der Waals surface area contributed by atoms with Crippen LogP contribution in [0.1, 0.15) is 73.0 Å². The van der Waals surface area contributed by atoms with Gasteiger partial charge in [-0.25, -0.2) is 14.6 Å². The minimum atomic E-state index is -0.925. The summed E-state index contributed by atoms with van der Waals surface area (Å²) in [5.74, 6) is -0.940. The van der Waals surface area contributed by atoms with Crippen LogP contribution in [0.2, 0.25) is 0 Å². The molecule has 0 radical (unpaired) electrons. The molecule has 1 atom stereocenters. The Labute approximate surface area is 284 Å². The standard InChI is InChI=1S/C36H40N4O7S/c1-23(2)19-29(38-35(44)46-20-24-11-7-6-8-12-24)31(41)39-40-32(42)30-22-48-33(37-30)25-15-17-27(18-16-25)45-21-26-13-9-10-14-28(26)34(43)47-36(3,4)5/h6-18,22-23,29H,19-21H2,1-5H3,(H,38,44)(H,39,41)(H,40,42)/t29-/m0/s1. The van der Waals surface area contributed by atoms with Crippen molar-refractivity contribution in [2.24, 2.45) is 5.92 Å². The van der Waals surface area contributed by atoms with Crippen molar-refractivity contribution in [1.29, 1.82) is 0 Å². The summed E-state index contributed by atoms with van der Waals surface area (Å²) in [6.07, 6.45) is -0.406. The van der Waals surface area contributed by atoms with Gasteiger partial charge < -0.3 is 19.5 Å².